The summed E-state index contributed by atoms with van der Waals surface area (Å²) in [5.74, 6) is 0.292. The number of amides is 1. The van der Waals surface area contributed by atoms with Gasteiger partial charge in [0.2, 0.25) is 0 Å². The van der Waals surface area contributed by atoms with Crippen molar-refractivity contribution in [2.75, 3.05) is 6.73 Å². The second-order valence-electron chi connectivity index (χ2n) is 7.13. The maximum atomic E-state index is 13.1. The first kappa shape index (κ1) is 18.5. The summed E-state index contributed by atoms with van der Waals surface area (Å²) in [5.41, 5.74) is 3.25. The third kappa shape index (κ3) is 3.40. The minimum absolute atomic E-state index is 0.118. The van der Waals surface area contributed by atoms with E-state index in [4.69, 9.17) is 27.9 Å². The average Bonchev–Trinajstić information content (AvgIpc) is 3.08. The van der Waals surface area contributed by atoms with Crippen LogP contribution < -0.4 is 4.74 Å². The summed E-state index contributed by atoms with van der Waals surface area (Å²) >= 11 is 12.4. The Hall–Kier alpha value is -1.82. The molecule has 7 heteroatoms. The van der Waals surface area contributed by atoms with Crippen molar-refractivity contribution >= 4 is 29.1 Å². The van der Waals surface area contributed by atoms with Crippen LogP contribution in [0, 0.1) is 6.92 Å². The molecule has 1 amide bonds. The van der Waals surface area contributed by atoms with E-state index < -0.39 is 6.10 Å². The number of rotatable bonds is 3. The summed E-state index contributed by atoms with van der Waals surface area (Å²) in [4.78, 5) is 18.8. The zero-order valence-electron chi connectivity index (χ0n) is 14.9. The minimum Gasteiger partial charge on any atom is -0.471 e. The van der Waals surface area contributed by atoms with Gasteiger partial charge >= 0.3 is 0 Å². The van der Waals surface area contributed by atoms with E-state index >= 15 is 0 Å². The Balaban J connectivity index is 1.68. The SMILES string of the molecule is Cc1c(Cc2ccc(Cl)nc2)cc2c(c1Cl)OCN([C@H]1CCC[C@@H]1O)C2=O. The molecule has 0 unspecified atom stereocenters. The highest BCUT2D eigenvalue weighted by molar-refractivity contribution is 6.33. The first-order chi connectivity index (χ1) is 13.0. The number of ether oxygens (including phenoxy) is 1. The molecule has 0 saturated heterocycles. The molecule has 2 heterocycles. The molecular formula is C20H20Cl2N2O3. The van der Waals surface area contributed by atoms with Crippen LogP contribution in [0.5, 0.6) is 5.75 Å². The van der Waals surface area contributed by atoms with E-state index in [0.29, 0.717) is 34.3 Å². The van der Waals surface area contributed by atoms with Gasteiger partial charge < -0.3 is 9.84 Å². The molecule has 0 bridgehead atoms. The lowest BCUT2D eigenvalue weighted by atomic mass is 9.96. The Labute approximate surface area is 167 Å². The van der Waals surface area contributed by atoms with Crippen molar-refractivity contribution in [3.63, 3.8) is 0 Å². The first-order valence-corrected chi connectivity index (χ1v) is 9.75. The van der Waals surface area contributed by atoms with E-state index in [1.165, 1.54) is 0 Å². The van der Waals surface area contributed by atoms with Crippen LogP contribution in [0.3, 0.4) is 0 Å². The number of halogens is 2. The topological polar surface area (TPSA) is 62.7 Å². The fraction of sp³-hybridized carbons (Fsp3) is 0.400. The third-order valence-corrected chi connectivity index (χ3v) is 6.12. The van der Waals surface area contributed by atoms with E-state index in [1.807, 2.05) is 19.1 Å². The van der Waals surface area contributed by atoms with E-state index in [9.17, 15) is 9.90 Å². The number of hydrogen-bond acceptors (Lipinski definition) is 4. The maximum absolute atomic E-state index is 13.1. The standard InChI is InChI=1S/C20H20Cl2N2O3/c1-11-13(7-12-5-6-17(21)23-9-12)8-14-19(18(11)22)27-10-24(20(14)26)15-3-2-4-16(15)25/h5-6,8-9,15-16,25H,2-4,7,10H2,1H3/t15-,16-/m0/s1. The van der Waals surface area contributed by atoms with Crippen molar-refractivity contribution in [2.24, 2.45) is 0 Å². The molecule has 1 aliphatic heterocycles. The molecule has 4 rings (SSSR count). The van der Waals surface area contributed by atoms with Crippen molar-refractivity contribution in [3.8, 4) is 5.75 Å². The van der Waals surface area contributed by atoms with Crippen molar-refractivity contribution in [2.45, 2.75) is 44.8 Å². The number of aromatic nitrogens is 1. The van der Waals surface area contributed by atoms with E-state index in [1.54, 1.807) is 17.2 Å². The van der Waals surface area contributed by atoms with Gasteiger partial charge in [0.25, 0.3) is 5.91 Å². The molecule has 2 aromatic rings. The first-order valence-electron chi connectivity index (χ1n) is 9.00. The smallest absolute Gasteiger partial charge is 0.260 e. The van der Waals surface area contributed by atoms with E-state index in [0.717, 1.165) is 29.5 Å². The number of aliphatic hydroxyl groups excluding tert-OH is 1. The summed E-state index contributed by atoms with van der Waals surface area (Å²) in [6, 6.07) is 5.29. The third-order valence-electron chi connectivity index (χ3n) is 5.44. The highest BCUT2D eigenvalue weighted by atomic mass is 35.5. The monoisotopic (exact) mass is 406 g/mol. The number of nitrogens with zero attached hydrogens (tertiary/aromatic N) is 2. The second kappa shape index (κ2) is 7.30. The lowest BCUT2D eigenvalue weighted by molar-refractivity contribution is 0.0127. The Morgan fingerprint density at radius 2 is 2.15 bits per heavy atom. The molecule has 1 aromatic carbocycles. The molecule has 1 aliphatic carbocycles. The van der Waals surface area contributed by atoms with Gasteiger partial charge in [0, 0.05) is 6.20 Å². The predicted molar refractivity (Wildman–Crippen MR) is 104 cm³/mol. The molecular weight excluding hydrogens is 387 g/mol. The summed E-state index contributed by atoms with van der Waals surface area (Å²) in [6.07, 6.45) is 4.21. The van der Waals surface area contributed by atoms with Gasteiger partial charge in [-0.15, -0.1) is 0 Å². The van der Waals surface area contributed by atoms with Gasteiger partial charge in [-0.1, -0.05) is 29.3 Å². The van der Waals surface area contributed by atoms with Gasteiger partial charge in [-0.25, -0.2) is 4.98 Å². The zero-order chi connectivity index (χ0) is 19.1. The quantitative estimate of drug-likeness (QED) is 0.782. The van der Waals surface area contributed by atoms with Crippen molar-refractivity contribution in [3.05, 3.63) is 56.8 Å². The van der Waals surface area contributed by atoms with Crippen LogP contribution in [0.15, 0.2) is 24.4 Å². The fourth-order valence-corrected chi connectivity index (χ4v) is 4.26. The van der Waals surface area contributed by atoms with Gasteiger partial charge in [-0.3, -0.25) is 9.69 Å². The van der Waals surface area contributed by atoms with Crippen LogP contribution in [0.2, 0.25) is 10.2 Å². The number of carbonyl (C=O) groups is 1. The molecule has 1 fully saturated rings. The van der Waals surface area contributed by atoms with Crippen molar-refractivity contribution in [1.82, 2.24) is 9.88 Å². The summed E-state index contributed by atoms with van der Waals surface area (Å²) < 4.78 is 5.83. The Bertz CT molecular complexity index is 886. The molecule has 1 N–H and O–H groups in total. The Morgan fingerprint density at radius 3 is 2.81 bits per heavy atom. The van der Waals surface area contributed by atoms with Crippen molar-refractivity contribution in [1.29, 1.82) is 0 Å². The molecule has 1 aromatic heterocycles. The average molecular weight is 407 g/mol. The highest BCUT2D eigenvalue weighted by Crippen LogP contribution is 2.39. The zero-order valence-corrected chi connectivity index (χ0v) is 16.4. The van der Waals surface area contributed by atoms with Crippen LogP contribution in [0.1, 0.15) is 46.3 Å². The Kier molecular flexibility index (Phi) is 5.01. The molecule has 5 nitrogen and oxygen atoms in total. The number of fused-ring (bicyclic) bond motifs is 1. The molecule has 1 saturated carbocycles. The van der Waals surface area contributed by atoms with Gasteiger partial charge in [0.05, 0.1) is 22.7 Å². The van der Waals surface area contributed by atoms with Crippen LogP contribution in [0.25, 0.3) is 0 Å². The number of carbonyl (C=O) groups excluding carboxylic acids is 1. The van der Waals surface area contributed by atoms with Crippen LogP contribution in [0.4, 0.5) is 0 Å². The highest BCUT2D eigenvalue weighted by Gasteiger charge is 2.38. The molecule has 2 aliphatic rings. The molecule has 0 spiro atoms. The van der Waals surface area contributed by atoms with Crippen LogP contribution in [-0.4, -0.2) is 39.8 Å². The summed E-state index contributed by atoms with van der Waals surface area (Å²) in [5, 5.41) is 11.1. The number of pyridine rings is 1. The van der Waals surface area contributed by atoms with Crippen LogP contribution >= 0.6 is 23.2 Å². The minimum atomic E-state index is -0.500. The normalized spacial score (nSPS) is 21.9. The fourth-order valence-electron chi connectivity index (χ4n) is 3.87. The lowest BCUT2D eigenvalue weighted by Gasteiger charge is -2.35. The number of aliphatic hydroxyl groups is 1. The number of benzene rings is 1. The number of hydrogen-bond donors (Lipinski definition) is 1. The second-order valence-corrected chi connectivity index (χ2v) is 7.90. The Morgan fingerprint density at radius 1 is 1.33 bits per heavy atom. The van der Waals surface area contributed by atoms with E-state index in [2.05, 4.69) is 4.98 Å². The summed E-state index contributed by atoms with van der Waals surface area (Å²) in [7, 11) is 0. The van der Waals surface area contributed by atoms with Crippen LogP contribution in [-0.2, 0) is 6.42 Å². The largest absolute Gasteiger partial charge is 0.471 e. The molecule has 27 heavy (non-hydrogen) atoms. The lowest BCUT2D eigenvalue weighted by Crippen LogP contribution is -2.48. The van der Waals surface area contributed by atoms with Gasteiger partial charge in [0.15, 0.2) is 12.5 Å². The van der Waals surface area contributed by atoms with Gasteiger partial charge in [0.1, 0.15) is 5.15 Å². The summed E-state index contributed by atoms with van der Waals surface area (Å²) in [6.45, 7) is 2.04. The van der Waals surface area contributed by atoms with Crippen molar-refractivity contribution < 1.29 is 14.6 Å². The maximum Gasteiger partial charge on any atom is 0.260 e. The molecule has 142 valence electrons. The van der Waals surface area contributed by atoms with Gasteiger partial charge in [-0.05, 0) is 61.4 Å². The van der Waals surface area contributed by atoms with Gasteiger partial charge in [-0.2, -0.15) is 0 Å². The predicted octanol–water partition coefficient (Wildman–Crippen LogP) is 3.99. The molecule has 0 radical (unpaired) electrons. The van der Waals surface area contributed by atoms with E-state index in [-0.39, 0.29) is 18.7 Å². The molecule has 2 atom stereocenters.